The molecule has 2 nitrogen and oxygen atoms in total. The molecule has 0 unspecified atom stereocenters. The lowest BCUT2D eigenvalue weighted by Crippen LogP contribution is -2.21. The molecule has 0 aliphatic heterocycles. The molecule has 0 fully saturated rings. The molecular weight excluding hydrogens is 172 g/mol. The highest BCUT2D eigenvalue weighted by Gasteiger charge is 1.98. The Morgan fingerprint density at radius 3 is 2.43 bits per heavy atom. The quantitative estimate of drug-likeness (QED) is 0.770. The Morgan fingerprint density at radius 1 is 1.21 bits per heavy atom. The van der Waals surface area contributed by atoms with Crippen LogP contribution in [0.2, 0.25) is 0 Å². The maximum Gasteiger partial charge on any atom is 0.0230 e. The molecule has 0 saturated carbocycles. The number of nitrogens with zero attached hydrogens (tertiary/aromatic N) is 1. The second-order valence-electron chi connectivity index (χ2n) is 3.87. The van der Waals surface area contributed by atoms with Crippen LogP contribution in [-0.4, -0.2) is 25.0 Å². The molecule has 0 bridgehead atoms. The van der Waals surface area contributed by atoms with Crippen LogP contribution in [0.4, 0.5) is 0 Å². The van der Waals surface area contributed by atoms with E-state index in [0.29, 0.717) is 0 Å². The van der Waals surface area contributed by atoms with E-state index in [0.717, 1.165) is 26.1 Å². The maximum absolute atomic E-state index is 5.46. The SMILES string of the molecule is Cc1ccc(CN(C)CCCN)cc1. The first-order valence-corrected chi connectivity index (χ1v) is 5.16. The first kappa shape index (κ1) is 11.2. The molecule has 0 radical (unpaired) electrons. The third-order valence-corrected chi connectivity index (χ3v) is 2.32. The minimum Gasteiger partial charge on any atom is -0.330 e. The van der Waals surface area contributed by atoms with Gasteiger partial charge >= 0.3 is 0 Å². The highest BCUT2D eigenvalue weighted by Crippen LogP contribution is 2.05. The summed E-state index contributed by atoms with van der Waals surface area (Å²) in [6, 6.07) is 8.70. The summed E-state index contributed by atoms with van der Waals surface area (Å²) in [7, 11) is 2.13. The van der Waals surface area contributed by atoms with Crippen LogP contribution in [0, 0.1) is 6.92 Å². The highest BCUT2D eigenvalue weighted by molar-refractivity contribution is 5.21. The van der Waals surface area contributed by atoms with Gasteiger partial charge in [0.2, 0.25) is 0 Å². The van der Waals surface area contributed by atoms with Crippen LogP contribution < -0.4 is 5.73 Å². The Morgan fingerprint density at radius 2 is 1.86 bits per heavy atom. The number of hydrogen-bond acceptors (Lipinski definition) is 2. The van der Waals surface area contributed by atoms with Crippen LogP contribution >= 0.6 is 0 Å². The summed E-state index contributed by atoms with van der Waals surface area (Å²) in [4.78, 5) is 2.30. The largest absolute Gasteiger partial charge is 0.330 e. The van der Waals surface area contributed by atoms with Gasteiger partial charge in [-0.25, -0.2) is 0 Å². The molecular formula is C12H20N2. The van der Waals surface area contributed by atoms with Crippen molar-refractivity contribution in [3.8, 4) is 0 Å². The van der Waals surface area contributed by atoms with Crippen molar-refractivity contribution >= 4 is 0 Å². The zero-order valence-corrected chi connectivity index (χ0v) is 9.16. The van der Waals surface area contributed by atoms with Gasteiger partial charge in [-0.15, -0.1) is 0 Å². The summed E-state index contributed by atoms with van der Waals surface area (Å²) >= 11 is 0. The molecule has 0 aliphatic rings. The fraction of sp³-hybridized carbons (Fsp3) is 0.500. The van der Waals surface area contributed by atoms with Crippen LogP contribution in [0.1, 0.15) is 17.5 Å². The van der Waals surface area contributed by atoms with Crippen LogP contribution in [0.5, 0.6) is 0 Å². The lowest BCUT2D eigenvalue weighted by molar-refractivity contribution is 0.324. The molecule has 14 heavy (non-hydrogen) atoms. The Balaban J connectivity index is 2.39. The minimum absolute atomic E-state index is 0.776. The predicted molar refractivity (Wildman–Crippen MR) is 61.2 cm³/mol. The van der Waals surface area contributed by atoms with Gasteiger partial charge in [-0.05, 0) is 39.0 Å². The lowest BCUT2D eigenvalue weighted by atomic mass is 10.1. The molecule has 0 amide bonds. The van der Waals surface area contributed by atoms with E-state index in [1.54, 1.807) is 0 Å². The van der Waals surface area contributed by atoms with Crippen molar-refractivity contribution < 1.29 is 0 Å². The van der Waals surface area contributed by atoms with Crippen molar-refractivity contribution in [3.63, 3.8) is 0 Å². The first-order chi connectivity index (χ1) is 6.72. The normalized spacial score (nSPS) is 10.9. The van der Waals surface area contributed by atoms with E-state index >= 15 is 0 Å². The third-order valence-electron chi connectivity index (χ3n) is 2.32. The molecule has 0 aromatic heterocycles. The molecule has 0 heterocycles. The van der Waals surface area contributed by atoms with Crippen molar-refractivity contribution in [2.45, 2.75) is 19.9 Å². The number of nitrogens with two attached hydrogens (primary N) is 1. The fourth-order valence-electron chi connectivity index (χ4n) is 1.45. The van der Waals surface area contributed by atoms with Gasteiger partial charge < -0.3 is 10.6 Å². The third kappa shape index (κ3) is 3.90. The molecule has 0 spiro atoms. The summed E-state index contributed by atoms with van der Waals surface area (Å²) in [6.45, 7) is 4.98. The van der Waals surface area contributed by atoms with Gasteiger partial charge in [-0.1, -0.05) is 29.8 Å². The van der Waals surface area contributed by atoms with Crippen molar-refractivity contribution in [1.29, 1.82) is 0 Å². The molecule has 0 saturated heterocycles. The zero-order chi connectivity index (χ0) is 10.4. The maximum atomic E-state index is 5.46. The lowest BCUT2D eigenvalue weighted by Gasteiger charge is -2.15. The van der Waals surface area contributed by atoms with Gasteiger partial charge in [0, 0.05) is 6.54 Å². The van der Waals surface area contributed by atoms with E-state index < -0.39 is 0 Å². The molecule has 1 rings (SSSR count). The minimum atomic E-state index is 0.776. The van der Waals surface area contributed by atoms with E-state index in [2.05, 4.69) is 43.1 Å². The molecule has 78 valence electrons. The fourth-order valence-corrected chi connectivity index (χ4v) is 1.45. The average Bonchev–Trinajstić information content (AvgIpc) is 2.18. The van der Waals surface area contributed by atoms with Gasteiger partial charge in [-0.3, -0.25) is 0 Å². The van der Waals surface area contributed by atoms with Gasteiger partial charge in [0.25, 0.3) is 0 Å². The van der Waals surface area contributed by atoms with Crippen molar-refractivity contribution in [2.75, 3.05) is 20.1 Å². The van der Waals surface area contributed by atoms with E-state index in [1.807, 2.05) is 0 Å². The van der Waals surface area contributed by atoms with Crippen molar-refractivity contribution in [1.82, 2.24) is 4.90 Å². The van der Waals surface area contributed by atoms with Gasteiger partial charge in [0.05, 0.1) is 0 Å². The molecule has 1 aromatic rings. The molecule has 0 aliphatic carbocycles. The predicted octanol–water partition coefficient (Wildman–Crippen LogP) is 1.78. The summed E-state index contributed by atoms with van der Waals surface area (Å²) in [5, 5.41) is 0. The van der Waals surface area contributed by atoms with Crippen LogP contribution in [0.25, 0.3) is 0 Å². The van der Waals surface area contributed by atoms with Gasteiger partial charge in [0.15, 0.2) is 0 Å². The van der Waals surface area contributed by atoms with Gasteiger partial charge in [-0.2, -0.15) is 0 Å². The van der Waals surface area contributed by atoms with E-state index in [1.165, 1.54) is 11.1 Å². The second-order valence-corrected chi connectivity index (χ2v) is 3.87. The Kier molecular flexibility index (Phi) is 4.63. The first-order valence-electron chi connectivity index (χ1n) is 5.16. The van der Waals surface area contributed by atoms with E-state index in [-0.39, 0.29) is 0 Å². The van der Waals surface area contributed by atoms with Gasteiger partial charge in [0.1, 0.15) is 0 Å². The number of hydrogen-bond donors (Lipinski definition) is 1. The molecule has 2 heteroatoms. The topological polar surface area (TPSA) is 29.3 Å². The molecule has 1 aromatic carbocycles. The number of aryl methyl sites for hydroxylation is 1. The highest BCUT2D eigenvalue weighted by atomic mass is 15.1. The summed E-state index contributed by atoms with van der Waals surface area (Å²) < 4.78 is 0. The molecule has 2 N–H and O–H groups in total. The smallest absolute Gasteiger partial charge is 0.0230 e. The number of benzene rings is 1. The van der Waals surface area contributed by atoms with E-state index in [4.69, 9.17) is 5.73 Å². The molecule has 0 atom stereocenters. The van der Waals surface area contributed by atoms with Crippen LogP contribution in [0.15, 0.2) is 24.3 Å². The monoisotopic (exact) mass is 192 g/mol. The summed E-state index contributed by atoms with van der Waals surface area (Å²) in [5.41, 5.74) is 8.15. The standard InChI is InChI=1S/C12H20N2/c1-11-4-6-12(7-5-11)10-14(2)9-3-8-13/h4-7H,3,8-10,13H2,1-2H3. The average molecular weight is 192 g/mol. The van der Waals surface area contributed by atoms with Crippen LogP contribution in [-0.2, 0) is 6.54 Å². The van der Waals surface area contributed by atoms with Crippen molar-refractivity contribution in [3.05, 3.63) is 35.4 Å². The zero-order valence-electron chi connectivity index (χ0n) is 9.16. The summed E-state index contributed by atoms with van der Waals surface area (Å²) in [5.74, 6) is 0. The Hall–Kier alpha value is -0.860. The van der Waals surface area contributed by atoms with Crippen molar-refractivity contribution in [2.24, 2.45) is 5.73 Å². The second kappa shape index (κ2) is 5.78. The number of rotatable bonds is 5. The van der Waals surface area contributed by atoms with E-state index in [9.17, 15) is 0 Å². The Labute approximate surface area is 86.7 Å². The Bertz CT molecular complexity index is 254. The summed E-state index contributed by atoms with van der Waals surface area (Å²) in [6.07, 6.45) is 1.07. The van der Waals surface area contributed by atoms with Crippen LogP contribution in [0.3, 0.4) is 0 Å².